The fourth-order valence-electron chi connectivity index (χ4n) is 1.11. The van der Waals surface area contributed by atoms with E-state index in [2.05, 4.69) is 39.5 Å². The van der Waals surface area contributed by atoms with Gasteiger partial charge in [0.1, 0.15) is 34.5 Å². The van der Waals surface area contributed by atoms with E-state index in [1.165, 1.54) is 0 Å². The van der Waals surface area contributed by atoms with Crippen molar-refractivity contribution in [3.05, 3.63) is 75.9 Å². The molecule has 0 saturated heterocycles. The Balaban J connectivity index is -0.0000000580. The summed E-state index contributed by atoms with van der Waals surface area (Å²) >= 11 is -0.0185. The molecule has 0 saturated carbocycles. The van der Waals surface area contributed by atoms with Crippen LogP contribution in [-0.2, 0) is 33.2 Å². The standard InChI is InChI=1S/3C6H12NS.3FH/c3*1-3-5-8(7)6-4-2;;;/h3*3-4H,1-2,5-7H2;3*1H/q3*+1;;;/p-3. The van der Waals surface area contributed by atoms with Crippen LogP contribution in [0.15, 0.2) is 75.9 Å². The van der Waals surface area contributed by atoms with E-state index in [-0.39, 0.29) is 47.4 Å². The van der Waals surface area contributed by atoms with Crippen LogP contribution < -0.4 is 29.5 Å². The van der Waals surface area contributed by atoms with Crippen molar-refractivity contribution < 1.29 is 14.1 Å². The van der Waals surface area contributed by atoms with Gasteiger partial charge >= 0.3 is 0 Å². The molecule has 162 valence electrons. The van der Waals surface area contributed by atoms with E-state index in [9.17, 15) is 0 Å². The molecule has 0 fully saturated rings. The van der Waals surface area contributed by atoms with E-state index in [1.807, 2.05) is 36.5 Å². The van der Waals surface area contributed by atoms with Crippen molar-refractivity contribution in [3.63, 3.8) is 0 Å². The average Bonchev–Trinajstić information content (AvgIpc) is 2.50. The van der Waals surface area contributed by atoms with Gasteiger partial charge in [-0.2, -0.15) is 15.4 Å². The highest BCUT2D eigenvalue weighted by molar-refractivity contribution is 7.95. The molecule has 6 N–H and O–H groups in total. The molecule has 27 heavy (non-hydrogen) atoms. The molecule has 0 aliphatic heterocycles. The molecule has 0 aromatic rings. The van der Waals surface area contributed by atoms with Crippen LogP contribution in [0.5, 0.6) is 0 Å². The minimum Gasteiger partial charge on any atom is -1.00 e. The molecule has 0 aliphatic carbocycles. The van der Waals surface area contributed by atoms with Gasteiger partial charge in [0, 0.05) is 0 Å². The number of nitrogens with two attached hydrogens (primary N) is 3. The van der Waals surface area contributed by atoms with E-state index >= 15 is 0 Å². The summed E-state index contributed by atoms with van der Waals surface area (Å²) in [5.74, 6) is 5.45. The topological polar surface area (TPSA) is 78.1 Å². The third-order valence-corrected chi connectivity index (χ3v) is 5.97. The molecule has 0 bridgehead atoms. The van der Waals surface area contributed by atoms with Gasteiger partial charge in [0.05, 0.1) is 33.2 Å². The van der Waals surface area contributed by atoms with Gasteiger partial charge in [-0.1, -0.05) is 39.5 Å². The lowest BCUT2D eigenvalue weighted by Gasteiger charge is -1.90. The summed E-state index contributed by atoms with van der Waals surface area (Å²) in [5, 5.41) is 16.7. The smallest absolute Gasteiger partial charge is 0.145 e. The van der Waals surface area contributed by atoms with E-state index in [0.29, 0.717) is 0 Å². The lowest BCUT2D eigenvalue weighted by molar-refractivity contribution is -0.00100. The highest BCUT2D eigenvalue weighted by Crippen LogP contribution is 1.86. The third-order valence-electron chi connectivity index (χ3n) is 1.99. The molecular formula is C18H36F3N3S3. The molecule has 0 aromatic carbocycles. The summed E-state index contributed by atoms with van der Waals surface area (Å²) in [6, 6.07) is 0. The van der Waals surface area contributed by atoms with Crippen LogP contribution in [0, 0.1) is 0 Å². The first-order valence-corrected chi connectivity index (χ1v) is 12.2. The monoisotopic (exact) mass is 447 g/mol. The Morgan fingerprint density at radius 2 is 0.519 bits per heavy atom. The zero-order chi connectivity index (χ0) is 19.2. The first-order valence-electron chi connectivity index (χ1n) is 7.34. The number of rotatable bonds is 12. The Hall–Kier alpha value is -0.840. The minimum absolute atomic E-state index is 0. The molecule has 9 heteroatoms. The maximum atomic E-state index is 5.58. The fraction of sp³-hybridized carbons (Fsp3) is 0.333. The van der Waals surface area contributed by atoms with Crippen LogP contribution in [0.4, 0.5) is 0 Å². The van der Waals surface area contributed by atoms with E-state index < -0.39 is 0 Å². The van der Waals surface area contributed by atoms with E-state index in [0.717, 1.165) is 34.5 Å². The van der Waals surface area contributed by atoms with Gasteiger partial charge in [-0.3, -0.25) is 0 Å². The quantitative estimate of drug-likeness (QED) is 0.206. The van der Waals surface area contributed by atoms with Crippen LogP contribution in [0.25, 0.3) is 0 Å². The lowest BCUT2D eigenvalue weighted by atomic mass is 10.8. The maximum Gasteiger partial charge on any atom is 0.145 e. The van der Waals surface area contributed by atoms with Crippen LogP contribution in [-0.4, -0.2) is 34.5 Å². The molecule has 0 aromatic heterocycles. The van der Waals surface area contributed by atoms with Gasteiger partial charge in [0.25, 0.3) is 0 Å². The van der Waals surface area contributed by atoms with Crippen molar-refractivity contribution in [3.8, 4) is 0 Å². The summed E-state index contributed by atoms with van der Waals surface area (Å²) in [7, 11) is 0. The zero-order valence-corrected chi connectivity index (χ0v) is 18.5. The Labute approximate surface area is 173 Å². The predicted octanol–water partition coefficient (Wildman–Crippen LogP) is -6.44. The molecule has 0 amide bonds. The second-order valence-corrected chi connectivity index (χ2v) is 9.57. The van der Waals surface area contributed by atoms with E-state index in [4.69, 9.17) is 15.4 Å². The second-order valence-electron chi connectivity index (χ2n) is 4.34. The van der Waals surface area contributed by atoms with Gasteiger partial charge in [-0.15, -0.1) is 0 Å². The van der Waals surface area contributed by atoms with Gasteiger partial charge in [0.2, 0.25) is 0 Å². The van der Waals surface area contributed by atoms with Crippen LogP contribution in [0.3, 0.4) is 0 Å². The summed E-state index contributed by atoms with van der Waals surface area (Å²) in [5.41, 5.74) is 0. The largest absolute Gasteiger partial charge is 1.00 e. The number of halogens is 3. The summed E-state index contributed by atoms with van der Waals surface area (Å²) in [6.07, 6.45) is 11.0. The minimum atomic E-state index is -0.00617. The van der Waals surface area contributed by atoms with Crippen molar-refractivity contribution >= 4 is 33.2 Å². The van der Waals surface area contributed by atoms with Gasteiger partial charge < -0.3 is 14.1 Å². The molecule has 0 heterocycles. The Morgan fingerprint density at radius 3 is 0.593 bits per heavy atom. The van der Waals surface area contributed by atoms with Crippen molar-refractivity contribution in [2.24, 2.45) is 15.4 Å². The van der Waals surface area contributed by atoms with E-state index in [1.54, 1.807) is 0 Å². The van der Waals surface area contributed by atoms with Crippen molar-refractivity contribution in [1.29, 1.82) is 0 Å². The average molecular weight is 448 g/mol. The van der Waals surface area contributed by atoms with Crippen LogP contribution >= 0.6 is 0 Å². The molecule has 0 aliphatic rings. The van der Waals surface area contributed by atoms with Gasteiger partial charge in [0.15, 0.2) is 0 Å². The predicted molar refractivity (Wildman–Crippen MR) is 125 cm³/mol. The normalized spacial score (nSPS) is 8.22. The number of hydrogen-bond donors (Lipinski definition) is 3. The maximum absolute atomic E-state index is 5.58. The SMILES string of the molecule is C=CC[S+](N)CC=C.C=CC[S+](N)CC=C.C=CC[S+](N)CC=C.[F-].[F-].[F-]. The van der Waals surface area contributed by atoms with Crippen molar-refractivity contribution in [2.45, 2.75) is 0 Å². The highest BCUT2D eigenvalue weighted by atomic mass is 32.2. The Morgan fingerprint density at radius 1 is 0.407 bits per heavy atom. The third kappa shape index (κ3) is 45.8. The molecule has 0 spiro atoms. The molecule has 0 unspecified atom stereocenters. The zero-order valence-electron chi connectivity index (χ0n) is 16.0. The van der Waals surface area contributed by atoms with Crippen LogP contribution in [0.2, 0.25) is 0 Å². The fourth-order valence-corrected chi connectivity index (χ4v) is 3.34. The van der Waals surface area contributed by atoms with Crippen molar-refractivity contribution in [1.82, 2.24) is 0 Å². The molecule has 0 atom stereocenters. The second kappa shape index (κ2) is 36.1. The van der Waals surface area contributed by atoms with Crippen LogP contribution in [0.1, 0.15) is 0 Å². The Bertz CT molecular complexity index is 278. The molecule has 0 radical (unpaired) electrons. The molecule has 0 rings (SSSR count). The Kier molecular flexibility index (Phi) is 54.5. The lowest BCUT2D eigenvalue weighted by Crippen LogP contribution is -3.00. The van der Waals surface area contributed by atoms with Gasteiger partial charge in [-0.25, -0.2) is 0 Å². The molecule has 3 nitrogen and oxygen atoms in total. The van der Waals surface area contributed by atoms with Gasteiger partial charge in [-0.05, 0) is 36.5 Å². The first kappa shape index (κ1) is 40.7. The summed E-state index contributed by atoms with van der Waals surface area (Å²) in [4.78, 5) is 0. The van der Waals surface area contributed by atoms with Crippen molar-refractivity contribution in [2.75, 3.05) is 34.5 Å². The summed E-state index contributed by atoms with van der Waals surface area (Å²) in [6.45, 7) is 21.5. The number of hydrogen-bond acceptors (Lipinski definition) is 3. The summed E-state index contributed by atoms with van der Waals surface area (Å²) < 4.78 is 0. The highest BCUT2D eigenvalue weighted by Gasteiger charge is 2.04. The molecular weight excluding hydrogens is 411 g/mol. The first-order chi connectivity index (χ1) is 11.4.